The molecule has 5 heteroatoms. The number of hydrogen-bond acceptors (Lipinski definition) is 4. The Bertz CT molecular complexity index is 586. The van der Waals surface area contributed by atoms with Gasteiger partial charge >= 0.3 is 0 Å². The van der Waals surface area contributed by atoms with Gasteiger partial charge in [-0.2, -0.15) is 4.98 Å². The van der Waals surface area contributed by atoms with Crippen LogP contribution < -0.4 is 9.80 Å². The molecular formula is C15H19FN4. The van der Waals surface area contributed by atoms with Crippen molar-refractivity contribution < 1.29 is 4.39 Å². The molecule has 4 nitrogen and oxygen atoms in total. The molecule has 0 aliphatic rings. The minimum atomic E-state index is -0.200. The smallest absolute Gasteiger partial charge is 0.226 e. The molecule has 1 aromatic heterocycles. The third-order valence-electron chi connectivity index (χ3n) is 3.33. The maximum absolute atomic E-state index is 13.9. The monoisotopic (exact) mass is 274 g/mol. The van der Waals surface area contributed by atoms with E-state index in [0.717, 1.165) is 5.82 Å². The van der Waals surface area contributed by atoms with Gasteiger partial charge in [-0.25, -0.2) is 9.37 Å². The van der Waals surface area contributed by atoms with E-state index in [2.05, 4.69) is 9.97 Å². The van der Waals surface area contributed by atoms with E-state index in [9.17, 15) is 4.39 Å². The summed E-state index contributed by atoms with van der Waals surface area (Å²) in [6.07, 6.45) is 1.71. The Kier molecular flexibility index (Phi) is 4.17. The lowest BCUT2D eigenvalue weighted by atomic mass is 10.1. The first-order valence-electron chi connectivity index (χ1n) is 6.48. The van der Waals surface area contributed by atoms with Crippen molar-refractivity contribution in [1.29, 1.82) is 0 Å². The maximum Gasteiger partial charge on any atom is 0.226 e. The number of anilines is 2. The molecule has 0 aliphatic heterocycles. The van der Waals surface area contributed by atoms with Crippen LogP contribution in [0.4, 0.5) is 16.2 Å². The number of nitrogens with zero attached hydrogens (tertiary/aromatic N) is 4. The van der Waals surface area contributed by atoms with Gasteiger partial charge in [-0.05, 0) is 19.1 Å². The Morgan fingerprint density at radius 1 is 1.10 bits per heavy atom. The zero-order valence-electron chi connectivity index (χ0n) is 12.2. The molecule has 0 amide bonds. The van der Waals surface area contributed by atoms with Crippen LogP contribution in [0.25, 0.3) is 0 Å². The number of halogens is 1. The second kappa shape index (κ2) is 5.86. The van der Waals surface area contributed by atoms with Crippen molar-refractivity contribution in [2.24, 2.45) is 0 Å². The highest BCUT2D eigenvalue weighted by atomic mass is 19.1. The van der Waals surface area contributed by atoms with Crippen LogP contribution in [0.3, 0.4) is 0 Å². The van der Waals surface area contributed by atoms with Gasteiger partial charge < -0.3 is 9.80 Å². The molecule has 0 bridgehead atoms. The van der Waals surface area contributed by atoms with Gasteiger partial charge in [0.05, 0.1) is 6.04 Å². The molecule has 0 unspecified atom stereocenters. The van der Waals surface area contributed by atoms with Gasteiger partial charge in [-0.15, -0.1) is 0 Å². The lowest BCUT2D eigenvalue weighted by Crippen LogP contribution is -2.24. The summed E-state index contributed by atoms with van der Waals surface area (Å²) in [7, 11) is 5.68. The highest BCUT2D eigenvalue weighted by Crippen LogP contribution is 2.26. The summed E-state index contributed by atoms with van der Waals surface area (Å²) in [4.78, 5) is 12.4. The predicted molar refractivity (Wildman–Crippen MR) is 79.6 cm³/mol. The molecular weight excluding hydrogens is 255 g/mol. The second-order valence-electron chi connectivity index (χ2n) is 4.92. The summed E-state index contributed by atoms with van der Waals surface area (Å²) in [5.41, 5.74) is 0.653. The summed E-state index contributed by atoms with van der Waals surface area (Å²) in [6, 6.07) is 8.52. The van der Waals surface area contributed by atoms with Crippen molar-refractivity contribution in [3.63, 3.8) is 0 Å². The summed E-state index contributed by atoms with van der Waals surface area (Å²) in [6.45, 7) is 1.95. The molecule has 20 heavy (non-hydrogen) atoms. The van der Waals surface area contributed by atoms with Crippen LogP contribution in [0, 0.1) is 5.82 Å². The lowest BCUT2D eigenvalue weighted by molar-refractivity contribution is 0.584. The molecule has 0 N–H and O–H groups in total. The summed E-state index contributed by atoms with van der Waals surface area (Å²) >= 11 is 0. The summed E-state index contributed by atoms with van der Waals surface area (Å²) in [5, 5.41) is 0. The largest absolute Gasteiger partial charge is 0.353 e. The van der Waals surface area contributed by atoms with Crippen molar-refractivity contribution >= 4 is 11.8 Å². The average Bonchev–Trinajstić information content (AvgIpc) is 2.46. The molecule has 106 valence electrons. The zero-order valence-corrected chi connectivity index (χ0v) is 12.2. The van der Waals surface area contributed by atoms with E-state index in [1.165, 1.54) is 6.07 Å². The highest BCUT2D eigenvalue weighted by Gasteiger charge is 2.17. The van der Waals surface area contributed by atoms with Gasteiger partial charge in [0.2, 0.25) is 5.95 Å². The third kappa shape index (κ3) is 2.87. The fraction of sp³-hybridized carbons (Fsp3) is 0.333. The quantitative estimate of drug-likeness (QED) is 0.858. The van der Waals surface area contributed by atoms with E-state index in [4.69, 9.17) is 0 Å². The lowest BCUT2D eigenvalue weighted by Gasteiger charge is -2.27. The van der Waals surface area contributed by atoms with Gasteiger partial charge in [0, 0.05) is 32.9 Å². The van der Waals surface area contributed by atoms with E-state index in [-0.39, 0.29) is 11.9 Å². The van der Waals surface area contributed by atoms with Gasteiger partial charge in [-0.3, -0.25) is 0 Å². The van der Waals surface area contributed by atoms with E-state index >= 15 is 0 Å². The Hall–Kier alpha value is -2.17. The van der Waals surface area contributed by atoms with E-state index < -0.39 is 0 Å². The maximum atomic E-state index is 13.9. The van der Waals surface area contributed by atoms with Crippen molar-refractivity contribution in [3.05, 3.63) is 47.9 Å². The summed E-state index contributed by atoms with van der Waals surface area (Å²) < 4.78 is 13.9. The highest BCUT2D eigenvalue weighted by molar-refractivity contribution is 5.45. The molecule has 0 fully saturated rings. The first kappa shape index (κ1) is 14.2. The van der Waals surface area contributed by atoms with Crippen molar-refractivity contribution in [2.75, 3.05) is 30.9 Å². The van der Waals surface area contributed by atoms with Crippen LogP contribution in [0.15, 0.2) is 36.5 Å². The van der Waals surface area contributed by atoms with Crippen LogP contribution in [-0.4, -0.2) is 31.1 Å². The number of rotatable bonds is 4. The van der Waals surface area contributed by atoms with Crippen LogP contribution in [0.2, 0.25) is 0 Å². The van der Waals surface area contributed by atoms with Gasteiger partial charge in [0.1, 0.15) is 11.6 Å². The Morgan fingerprint density at radius 3 is 2.45 bits per heavy atom. The number of hydrogen-bond donors (Lipinski definition) is 0. The number of benzene rings is 1. The molecule has 0 saturated carbocycles. The molecule has 0 radical (unpaired) electrons. The Balaban J connectivity index is 2.29. The third-order valence-corrected chi connectivity index (χ3v) is 3.33. The minimum absolute atomic E-state index is 0.110. The second-order valence-corrected chi connectivity index (χ2v) is 4.92. The average molecular weight is 274 g/mol. The molecule has 1 heterocycles. The molecule has 0 saturated heterocycles. The van der Waals surface area contributed by atoms with Gasteiger partial charge in [0.25, 0.3) is 0 Å². The van der Waals surface area contributed by atoms with Crippen LogP contribution in [0.5, 0.6) is 0 Å². The van der Waals surface area contributed by atoms with E-state index in [0.29, 0.717) is 11.5 Å². The minimum Gasteiger partial charge on any atom is -0.353 e. The fourth-order valence-corrected chi connectivity index (χ4v) is 1.97. The SMILES string of the molecule is C[C@H](c1ccccc1F)N(C)c1ccnc(N(C)C)n1. The first-order valence-corrected chi connectivity index (χ1v) is 6.48. The van der Waals surface area contributed by atoms with Crippen molar-refractivity contribution in [1.82, 2.24) is 9.97 Å². The van der Waals surface area contributed by atoms with Crippen molar-refractivity contribution in [3.8, 4) is 0 Å². The number of aromatic nitrogens is 2. The summed E-state index contributed by atoms with van der Waals surface area (Å²) in [5.74, 6) is 1.20. The topological polar surface area (TPSA) is 32.3 Å². The van der Waals surface area contributed by atoms with E-state index in [1.807, 2.05) is 50.0 Å². The zero-order chi connectivity index (χ0) is 14.7. The normalized spacial score (nSPS) is 12.1. The molecule has 2 rings (SSSR count). The van der Waals surface area contributed by atoms with Gasteiger partial charge in [0.15, 0.2) is 0 Å². The van der Waals surface area contributed by atoms with E-state index in [1.54, 1.807) is 18.3 Å². The Morgan fingerprint density at radius 2 is 1.80 bits per heavy atom. The Labute approximate surface area is 118 Å². The molecule has 2 aromatic rings. The molecule has 0 spiro atoms. The predicted octanol–water partition coefficient (Wildman–Crippen LogP) is 2.88. The standard InChI is InChI=1S/C15H19FN4/c1-11(12-7-5-6-8-13(12)16)20(4)14-9-10-17-15(18-14)19(2)3/h5-11H,1-4H3/t11-/m1/s1. The van der Waals surface area contributed by atoms with Crippen LogP contribution >= 0.6 is 0 Å². The molecule has 1 atom stereocenters. The fourth-order valence-electron chi connectivity index (χ4n) is 1.97. The molecule has 1 aromatic carbocycles. The van der Waals surface area contributed by atoms with Crippen molar-refractivity contribution in [2.45, 2.75) is 13.0 Å². The molecule has 0 aliphatic carbocycles. The first-order chi connectivity index (χ1) is 9.50. The van der Waals surface area contributed by atoms with Crippen LogP contribution in [0.1, 0.15) is 18.5 Å². The van der Waals surface area contributed by atoms with Gasteiger partial charge in [-0.1, -0.05) is 18.2 Å². The van der Waals surface area contributed by atoms with Crippen LogP contribution in [-0.2, 0) is 0 Å².